The summed E-state index contributed by atoms with van der Waals surface area (Å²) in [4.78, 5) is 18.9. The van der Waals surface area contributed by atoms with Crippen molar-refractivity contribution in [1.82, 2.24) is 5.32 Å². The van der Waals surface area contributed by atoms with Crippen LogP contribution < -0.4 is 10.1 Å². The first-order valence-corrected chi connectivity index (χ1v) is 13.7. The monoisotopic (exact) mass is 534 g/mol. The zero-order chi connectivity index (χ0) is 27.8. The van der Waals surface area contributed by atoms with Gasteiger partial charge in [0, 0.05) is 31.6 Å². The van der Waals surface area contributed by atoms with Crippen LogP contribution in [0.3, 0.4) is 0 Å². The molecule has 6 nitrogen and oxygen atoms in total. The Labute approximate surface area is 235 Å². The lowest BCUT2D eigenvalue weighted by atomic mass is 9.88. The Hall–Kier alpha value is -4.42. The molecule has 0 fully saturated rings. The quantitative estimate of drug-likeness (QED) is 0.234. The number of aliphatic hydroxyl groups is 1. The zero-order valence-corrected chi connectivity index (χ0v) is 22.6. The largest absolute Gasteiger partial charge is 0.494 e. The summed E-state index contributed by atoms with van der Waals surface area (Å²) in [7, 11) is 0. The number of carbonyl (C=O) groups is 1. The van der Waals surface area contributed by atoms with Crippen LogP contribution in [-0.4, -0.2) is 41.8 Å². The predicted molar refractivity (Wildman–Crippen MR) is 159 cm³/mol. The second-order valence-corrected chi connectivity index (χ2v) is 9.89. The van der Waals surface area contributed by atoms with Crippen LogP contribution in [0.15, 0.2) is 108 Å². The van der Waals surface area contributed by atoms with Crippen LogP contribution in [0.2, 0.25) is 0 Å². The predicted octanol–water partition coefficient (Wildman–Crippen LogP) is 5.93. The van der Waals surface area contributed by atoms with Gasteiger partial charge in [0.05, 0.1) is 6.61 Å². The molecule has 40 heavy (non-hydrogen) atoms. The average molecular weight is 535 g/mol. The third-order valence-corrected chi connectivity index (χ3v) is 7.19. The minimum Gasteiger partial charge on any atom is -0.494 e. The van der Waals surface area contributed by atoms with Gasteiger partial charge in [-0.25, -0.2) is 4.99 Å². The Morgan fingerprint density at radius 1 is 1.00 bits per heavy atom. The lowest BCUT2D eigenvalue weighted by molar-refractivity contribution is -0.128. The highest BCUT2D eigenvalue weighted by molar-refractivity contribution is 6.01. The van der Waals surface area contributed by atoms with E-state index >= 15 is 0 Å². The van der Waals surface area contributed by atoms with Crippen LogP contribution in [0, 0.1) is 0 Å². The molecule has 5 rings (SSSR count). The minimum absolute atomic E-state index is 0.0873. The first-order chi connectivity index (χ1) is 19.6. The van der Waals surface area contributed by atoms with Gasteiger partial charge in [-0.15, -0.1) is 0 Å². The number of nitrogens with zero attached hydrogens (tertiary/aromatic N) is 1. The van der Waals surface area contributed by atoms with Crippen molar-refractivity contribution in [2.45, 2.75) is 38.0 Å². The van der Waals surface area contributed by atoms with E-state index in [2.05, 4.69) is 23.5 Å². The smallest absolute Gasteiger partial charge is 0.252 e. The Morgan fingerprint density at radius 3 is 2.55 bits per heavy atom. The molecule has 0 radical (unpaired) electrons. The summed E-state index contributed by atoms with van der Waals surface area (Å²) in [5.41, 5.74) is 1.76. The highest BCUT2D eigenvalue weighted by atomic mass is 16.5. The fourth-order valence-electron chi connectivity index (χ4n) is 4.90. The molecule has 4 aromatic carbocycles. The highest BCUT2D eigenvalue weighted by Gasteiger charge is 2.49. The maximum atomic E-state index is 13.9. The number of hydrogen-bond donors (Lipinski definition) is 2. The molecule has 1 aliphatic heterocycles. The van der Waals surface area contributed by atoms with Gasteiger partial charge in [-0.1, -0.05) is 84.9 Å². The molecule has 0 aliphatic carbocycles. The molecule has 204 valence electrons. The first kappa shape index (κ1) is 27.2. The topological polar surface area (TPSA) is 80.2 Å². The van der Waals surface area contributed by atoms with E-state index in [4.69, 9.17) is 19.6 Å². The molecule has 0 saturated heterocycles. The number of carbonyl (C=O) groups excluding carboxylic acids is 1. The van der Waals surface area contributed by atoms with Gasteiger partial charge < -0.3 is 19.9 Å². The fourth-order valence-corrected chi connectivity index (χ4v) is 4.90. The van der Waals surface area contributed by atoms with E-state index in [1.54, 1.807) is 0 Å². The second kappa shape index (κ2) is 12.6. The van der Waals surface area contributed by atoms with Crippen molar-refractivity contribution in [2.24, 2.45) is 4.99 Å². The number of benzene rings is 4. The maximum Gasteiger partial charge on any atom is 0.252 e. The van der Waals surface area contributed by atoms with Crippen LogP contribution in [0.5, 0.6) is 5.75 Å². The van der Waals surface area contributed by atoms with Crippen molar-refractivity contribution in [1.29, 1.82) is 0 Å². The van der Waals surface area contributed by atoms with Crippen LogP contribution in [0.4, 0.5) is 0 Å². The molecule has 2 N–H and O–H groups in total. The molecule has 0 unspecified atom stereocenters. The Morgan fingerprint density at radius 2 is 1.75 bits per heavy atom. The molecule has 0 bridgehead atoms. The summed E-state index contributed by atoms with van der Waals surface area (Å²) in [6.45, 7) is 2.82. The Kier molecular flexibility index (Phi) is 8.57. The van der Waals surface area contributed by atoms with E-state index in [9.17, 15) is 4.79 Å². The van der Waals surface area contributed by atoms with Crippen LogP contribution in [-0.2, 0) is 16.1 Å². The lowest BCUT2D eigenvalue weighted by Crippen LogP contribution is -2.50. The van der Waals surface area contributed by atoms with Crippen molar-refractivity contribution >= 4 is 28.7 Å². The molecule has 0 aromatic heterocycles. The van der Waals surface area contributed by atoms with Gasteiger partial charge >= 0.3 is 0 Å². The normalized spacial score (nSPS) is 18.4. The Balaban J connectivity index is 1.40. The van der Waals surface area contributed by atoms with E-state index in [1.807, 2.05) is 97.9 Å². The number of ether oxygens (including phenoxy) is 2. The van der Waals surface area contributed by atoms with Gasteiger partial charge in [0.2, 0.25) is 5.90 Å². The summed E-state index contributed by atoms with van der Waals surface area (Å²) in [5.74, 6) is 0.959. The SMILES string of the molecule is C[C@H]1OC(c2ccc(OCCCO)cc2)=N[C@@]1(C/C=C/c1ccccc1)C(=O)NCc1cccc2ccccc12. The van der Waals surface area contributed by atoms with Crippen LogP contribution in [0.25, 0.3) is 16.8 Å². The third-order valence-electron chi connectivity index (χ3n) is 7.19. The van der Waals surface area contributed by atoms with Gasteiger partial charge in [-0.2, -0.15) is 0 Å². The fraction of sp³-hybridized carbons (Fsp3) is 0.235. The van der Waals surface area contributed by atoms with Crippen LogP contribution in [0.1, 0.15) is 36.5 Å². The van der Waals surface area contributed by atoms with E-state index < -0.39 is 11.6 Å². The van der Waals surface area contributed by atoms with E-state index in [0.717, 1.165) is 27.5 Å². The summed E-state index contributed by atoms with van der Waals surface area (Å²) >= 11 is 0. The van der Waals surface area contributed by atoms with Gasteiger partial charge in [-0.3, -0.25) is 4.79 Å². The van der Waals surface area contributed by atoms with Crippen LogP contribution >= 0.6 is 0 Å². The number of aliphatic hydroxyl groups excluding tert-OH is 1. The maximum absolute atomic E-state index is 13.9. The number of amides is 1. The van der Waals surface area contributed by atoms with Crippen molar-refractivity contribution in [3.05, 3.63) is 120 Å². The van der Waals surface area contributed by atoms with Gasteiger partial charge in [0.1, 0.15) is 11.9 Å². The van der Waals surface area contributed by atoms with E-state index in [-0.39, 0.29) is 12.5 Å². The Bertz CT molecular complexity index is 1490. The molecule has 1 aliphatic rings. The van der Waals surface area contributed by atoms with Crippen molar-refractivity contribution < 1.29 is 19.4 Å². The molecule has 0 saturated carbocycles. The number of aliphatic imine (C=N–C) groups is 1. The molecular weight excluding hydrogens is 500 g/mol. The molecule has 6 heteroatoms. The number of rotatable bonds is 11. The van der Waals surface area contributed by atoms with Crippen molar-refractivity contribution in [2.75, 3.05) is 13.2 Å². The summed E-state index contributed by atoms with van der Waals surface area (Å²) < 4.78 is 11.9. The van der Waals surface area contributed by atoms with E-state index in [0.29, 0.717) is 37.6 Å². The number of fused-ring (bicyclic) bond motifs is 1. The third kappa shape index (κ3) is 6.08. The lowest BCUT2D eigenvalue weighted by Gasteiger charge is -2.27. The highest BCUT2D eigenvalue weighted by Crippen LogP contribution is 2.33. The molecule has 4 aromatic rings. The molecular formula is C34H34N2O4. The molecule has 1 heterocycles. The van der Waals surface area contributed by atoms with Gasteiger partial charge in [-0.05, 0) is 53.1 Å². The number of nitrogens with one attached hydrogen (secondary N) is 1. The summed E-state index contributed by atoms with van der Waals surface area (Å²) in [6.07, 6.45) is 4.49. The van der Waals surface area contributed by atoms with Crippen molar-refractivity contribution in [3.63, 3.8) is 0 Å². The number of hydrogen-bond acceptors (Lipinski definition) is 5. The molecule has 0 spiro atoms. The van der Waals surface area contributed by atoms with Gasteiger partial charge in [0.25, 0.3) is 5.91 Å². The second-order valence-electron chi connectivity index (χ2n) is 9.89. The van der Waals surface area contributed by atoms with Gasteiger partial charge in [0.15, 0.2) is 5.54 Å². The van der Waals surface area contributed by atoms with E-state index in [1.165, 1.54) is 0 Å². The average Bonchev–Trinajstić information content (AvgIpc) is 3.33. The molecule has 1 amide bonds. The minimum atomic E-state index is -1.12. The zero-order valence-electron chi connectivity index (χ0n) is 22.6. The summed E-state index contributed by atoms with van der Waals surface area (Å²) in [5, 5.41) is 14.4. The summed E-state index contributed by atoms with van der Waals surface area (Å²) in [6, 6.07) is 31.7. The standard InChI is InChI=1S/C34H34N2O4/c1-25-34(21-8-12-26-10-3-2-4-11-26,33(38)35-24-29-15-7-14-27-13-5-6-16-31(27)29)36-32(40-25)28-17-19-30(20-18-28)39-23-9-22-37/h2-8,10-20,25,37H,9,21-24H2,1H3,(H,35,38)/b12-8+/t25-,34-/m1/s1. The molecule has 2 atom stereocenters. The first-order valence-electron chi connectivity index (χ1n) is 13.7. The van der Waals surface area contributed by atoms with Crippen molar-refractivity contribution in [3.8, 4) is 5.75 Å².